The summed E-state index contributed by atoms with van der Waals surface area (Å²) in [4.78, 5) is 27.9. The number of furan rings is 1. The number of amides is 3. The Kier molecular flexibility index (Phi) is 6.90. The fraction of sp³-hybridized carbons (Fsp3) is 0.308. The minimum Gasteiger partial charge on any atom is -0.467 e. The molecule has 1 aliphatic heterocycles. The normalized spacial score (nSPS) is 18.2. The van der Waals surface area contributed by atoms with Gasteiger partial charge in [0.15, 0.2) is 0 Å². The highest BCUT2D eigenvalue weighted by molar-refractivity contribution is 5.81. The van der Waals surface area contributed by atoms with Crippen LogP contribution in [-0.2, 0) is 17.9 Å². The van der Waals surface area contributed by atoms with Gasteiger partial charge in [-0.15, -0.1) is 0 Å². The van der Waals surface area contributed by atoms with Crippen molar-refractivity contribution in [2.24, 2.45) is 5.92 Å². The predicted octanol–water partition coefficient (Wildman–Crippen LogP) is 4.57. The summed E-state index contributed by atoms with van der Waals surface area (Å²) in [6.45, 7) is 3.23. The number of urea groups is 1. The van der Waals surface area contributed by atoms with Crippen LogP contribution >= 0.6 is 0 Å². The molecule has 3 aromatic rings. The van der Waals surface area contributed by atoms with Crippen molar-refractivity contribution < 1.29 is 14.0 Å². The summed E-state index contributed by atoms with van der Waals surface area (Å²) in [5.41, 5.74) is 3.30. The first-order valence-corrected chi connectivity index (χ1v) is 11.0. The van der Waals surface area contributed by atoms with E-state index in [1.165, 1.54) is 0 Å². The summed E-state index contributed by atoms with van der Waals surface area (Å²) in [6.07, 6.45) is 3.06. The smallest absolute Gasteiger partial charge is 0.318 e. The number of piperidine rings is 1. The molecule has 6 nitrogen and oxygen atoms in total. The maximum absolute atomic E-state index is 13.2. The van der Waals surface area contributed by atoms with E-state index in [0.717, 1.165) is 29.5 Å². The van der Waals surface area contributed by atoms with Crippen molar-refractivity contribution in [3.8, 4) is 0 Å². The molecule has 0 saturated carbocycles. The van der Waals surface area contributed by atoms with E-state index in [1.807, 2.05) is 47.4 Å². The molecule has 1 saturated heterocycles. The minimum absolute atomic E-state index is 0.0510. The Morgan fingerprint density at radius 2 is 1.81 bits per heavy atom. The SMILES string of the molecule is Cc1cccc(C2CCC(C(=O)NCc3ccco3)CN2C(=O)NCc2ccccc2)c1. The highest BCUT2D eigenvalue weighted by Gasteiger charge is 2.35. The Labute approximate surface area is 188 Å². The maximum Gasteiger partial charge on any atom is 0.318 e. The molecule has 1 aromatic heterocycles. The number of likely N-dealkylation sites (tertiary alicyclic amines) is 1. The second-order valence-corrected chi connectivity index (χ2v) is 8.30. The molecule has 2 heterocycles. The van der Waals surface area contributed by atoms with Gasteiger partial charge in [-0.2, -0.15) is 0 Å². The van der Waals surface area contributed by atoms with E-state index in [9.17, 15) is 9.59 Å². The Morgan fingerprint density at radius 3 is 2.56 bits per heavy atom. The van der Waals surface area contributed by atoms with E-state index in [0.29, 0.717) is 25.4 Å². The number of carbonyl (C=O) groups is 2. The molecule has 2 atom stereocenters. The molecule has 0 spiro atoms. The standard InChI is InChI=1S/C26H29N3O3/c1-19-7-5-10-21(15-19)24-13-12-22(25(30)27-17-23-11-6-14-32-23)18-29(24)26(31)28-16-20-8-3-2-4-9-20/h2-11,14-15,22,24H,12-13,16-18H2,1H3,(H,27,30)(H,28,31). The van der Waals surface area contributed by atoms with Crippen molar-refractivity contribution in [3.63, 3.8) is 0 Å². The molecule has 166 valence electrons. The topological polar surface area (TPSA) is 74.6 Å². The third-order valence-corrected chi connectivity index (χ3v) is 5.94. The molecule has 2 unspecified atom stereocenters. The van der Waals surface area contributed by atoms with Crippen molar-refractivity contribution in [2.75, 3.05) is 6.54 Å². The Hall–Kier alpha value is -3.54. The molecule has 0 aliphatic carbocycles. The quantitative estimate of drug-likeness (QED) is 0.601. The first kappa shape index (κ1) is 21.7. The first-order valence-electron chi connectivity index (χ1n) is 11.0. The van der Waals surface area contributed by atoms with Gasteiger partial charge in [0.25, 0.3) is 0 Å². The van der Waals surface area contributed by atoms with Gasteiger partial charge in [-0.3, -0.25) is 4.79 Å². The van der Waals surface area contributed by atoms with Gasteiger partial charge in [0, 0.05) is 13.1 Å². The maximum atomic E-state index is 13.2. The number of nitrogens with one attached hydrogen (secondary N) is 2. The van der Waals surface area contributed by atoms with Crippen LogP contribution in [0.25, 0.3) is 0 Å². The number of rotatable bonds is 6. The van der Waals surface area contributed by atoms with Crippen molar-refractivity contribution in [2.45, 2.75) is 38.9 Å². The molecule has 32 heavy (non-hydrogen) atoms. The predicted molar refractivity (Wildman–Crippen MR) is 123 cm³/mol. The summed E-state index contributed by atoms with van der Waals surface area (Å²) in [7, 11) is 0. The van der Waals surface area contributed by atoms with Crippen LogP contribution in [0.4, 0.5) is 4.79 Å². The molecule has 0 bridgehead atoms. The number of carbonyl (C=O) groups excluding carboxylic acids is 2. The lowest BCUT2D eigenvalue weighted by molar-refractivity contribution is -0.127. The Balaban J connectivity index is 1.46. The Morgan fingerprint density at radius 1 is 0.969 bits per heavy atom. The largest absolute Gasteiger partial charge is 0.467 e. The van der Waals surface area contributed by atoms with Gasteiger partial charge < -0.3 is 20.0 Å². The third-order valence-electron chi connectivity index (χ3n) is 5.94. The molecule has 1 fully saturated rings. The lowest BCUT2D eigenvalue weighted by atomic mass is 9.88. The van der Waals surface area contributed by atoms with Crippen molar-refractivity contribution >= 4 is 11.9 Å². The van der Waals surface area contributed by atoms with Gasteiger partial charge >= 0.3 is 6.03 Å². The van der Waals surface area contributed by atoms with Gasteiger partial charge in [-0.25, -0.2) is 4.79 Å². The van der Waals surface area contributed by atoms with E-state index >= 15 is 0 Å². The van der Waals surface area contributed by atoms with Crippen LogP contribution in [0.3, 0.4) is 0 Å². The number of nitrogens with zero attached hydrogens (tertiary/aromatic N) is 1. The average Bonchev–Trinajstić information content (AvgIpc) is 3.35. The fourth-order valence-corrected chi connectivity index (χ4v) is 4.24. The molecular weight excluding hydrogens is 402 g/mol. The van der Waals surface area contributed by atoms with Gasteiger partial charge in [-0.1, -0.05) is 60.2 Å². The molecule has 0 radical (unpaired) electrons. The summed E-state index contributed by atoms with van der Waals surface area (Å²) in [5.74, 6) is 0.405. The molecule has 2 aromatic carbocycles. The first-order chi connectivity index (χ1) is 15.6. The van der Waals surface area contributed by atoms with Crippen molar-refractivity contribution in [1.82, 2.24) is 15.5 Å². The van der Waals surface area contributed by atoms with Gasteiger partial charge in [0.05, 0.1) is 24.8 Å². The van der Waals surface area contributed by atoms with E-state index in [4.69, 9.17) is 4.42 Å². The second-order valence-electron chi connectivity index (χ2n) is 8.30. The van der Waals surface area contributed by atoms with Crippen LogP contribution < -0.4 is 10.6 Å². The van der Waals surface area contributed by atoms with Crippen LogP contribution in [0, 0.1) is 12.8 Å². The van der Waals surface area contributed by atoms with Crippen molar-refractivity contribution in [3.05, 3.63) is 95.4 Å². The van der Waals surface area contributed by atoms with Gasteiger partial charge in [0.2, 0.25) is 5.91 Å². The lowest BCUT2D eigenvalue weighted by Gasteiger charge is -2.39. The van der Waals surface area contributed by atoms with Crippen LogP contribution in [0.1, 0.15) is 41.3 Å². The molecule has 2 N–H and O–H groups in total. The number of hydrogen-bond donors (Lipinski definition) is 2. The van der Waals surface area contributed by atoms with E-state index in [2.05, 4.69) is 35.8 Å². The molecule has 1 aliphatic rings. The lowest BCUT2D eigenvalue weighted by Crippen LogP contribution is -2.50. The van der Waals surface area contributed by atoms with Crippen LogP contribution in [0.15, 0.2) is 77.4 Å². The van der Waals surface area contributed by atoms with Crippen molar-refractivity contribution in [1.29, 1.82) is 0 Å². The summed E-state index contributed by atoms with van der Waals surface area (Å²) < 4.78 is 5.30. The van der Waals surface area contributed by atoms with Crippen LogP contribution in [0.2, 0.25) is 0 Å². The monoisotopic (exact) mass is 431 g/mol. The number of benzene rings is 2. The highest BCUT2D eigenvalue weighted by atomic mass is 16.3. The van der Waals surface area contributed by atoms with E-state index in [1.54, 1.807) is 12.3 Å². The minimum atomic E-state index is -0.256. The number of aryl methyl sites for hydroxylation is 1. The zero-order valence-corrected chi connectivity index (χ0v) is 18.3. The summed E-state index contributed by atoms with van der Waals surface area (Å²) >= 11 is 0. The zero-order chi connectivity index (χ0) is 22.3. The fourth-order valence-electron chi connectivity index (χ4n) is 4.24. The van der Waals surface area contributed by atoms with Gasteiger partial charge in [-0.05, 0) is 43.0 Å². The average molecular weight is 432 g/mol. The zero-order valence-electron chi connectivity index (χ0n) is 18.3. The van der Waals surface area contributed by atoms with E-state index in [-0.39, 0.29) is 23.9 Å². The third kappa shape index (κ3) is 5.38. The highest BCUT2D eigenvalue weighted by Crippen LogP contribution is 2.34. The molecule has 6 heteroatoms. The van der Waals surface area contributed by atoms with Crippen LogP contribution in [-0.4, -0.2) is 23.4 Å². The molecular formula is C26H29N3O3. The van der Waals surface area contributed by atoms with Crippen LogP contribution in [0.5, 0.6) is 0 Å². The summed E-state index contributed by atoms with van der Waals surface area (Å²) in [5, 5.41) is 5.98. The van der Waals surface area contributed by atoms with Gasteiger partial charge in [0.1, 0.15) is 5.76 Å². The summed E-state index contributed by atoms with van der Waals surface area (Å²) in [6, 6.07) is 21.5. The Bertz CT molecular complexity index is 1030. The molecule has 4 rings (SSSR count). The number of hydrogen-bond acceptors (Lipinski definition) is 3. The van der Waals surface area contributed by atoms with E-state index < -0.39 is 0 Å². The molecule has 3 amide bonds. The second kappa shape index (κ2) is 10.2.